The fourth-order valence-corrected chi connectivity index (χ4v) is 6.08. The van der Waals surface area contributed by atoms with Gasteiger partial charge in [0, 0.05) is 12.8 Å². The molecule has 196 valence electrons. The van der Waals surface area contributed by atoms with Gasteiger partial charge in [0.15, 0.2) is 0 Å². The summed E-state index contributed by atoms with van der Waals surface area (Å²) >= 11 is 0. The molecule has 2 atom stereocenters. The van der Waals surface area contributed by atoms with Crippen molar-refractivity contribution in [3.63, 3.8) is 0 Å². The van der Waals surface area contributed by atoms with Gasteiger partial charge in [-0.1, -0.05) is 120 Å². The summed E-state index contributed by atoms with van der Waals surface area (Å²) in [5.74, 6) is 0. The third kappa shape index (κ3) is 16.1. The van der Waals surface area contributed by atoms with Gasteiger partial charge < -0.3 is 4.89 Å². The first-order valence-corrected chi connectivity index (χ1v) is 15.6. The second kappa shape index (κ2) is 21.1. The molecule has 4 heteroatoms. The van der Waals surface area contributed by atoms with Crippen molar-refractivity contribution in [2.24, 2.45) is 0 Å². The Kier molecular flexibility index (Phi) is 20.9. The predicted molar refractivity (Wildman–Crippen MR) is 146 cm³/mol. The Bertz CT molecular complexity index is 487. The van der Waals surface area contributed by atoms with Crippen LogP contribution < -0.4 is 4.89 Å². The summed E-state index contributed by atoms with van der Waals surface area (Å²) in [5, 5.41) is -0.603. The van der Waals surface area contributed by atoms with E-state index in [1.54, 1.807) is 0 Å². The Balaban J connectivity index is 3.51. The lowest BCUT2D eigenvalue weighted by atomic mass is 10.0. The van der Waals surface area contributed by atoms with Gasteiger partial charge in [0.2, 0.25) is 0 Å². The molecule has 0 spiro atoms. The Hall–Kier alpha value is -0.240. The van der Waals surface area contributed by atoms with Crippen LogP contribution in [-0.2, 0) is 4.57 Å². The highest BCUT2D eigenvalue weighted by molar-refractivity contribution is 7.38. The van der Waals surface area contributed by atoms with E-state index in [-0.39, 0.29) is 0 Å². The van der Waals surface area contributed by atoms with Gasteiger partial charge in [-0.15, -0.1) is 0 Å². The van der Waals surface area contributed by atoms with E-state index in [9.17, 15) is 9.46 Å². The van der Waals surface area contributed by atoms with Crippen LogP contribution in [0.15, 0.2) is 12.2 Å². The van der Waals surface area contributed by atoms with E-state index in [1.807, 2.05) is 28.1 Å². The third-order valence-corrected chi connectivity index (χ3v) is 9.31. The minimum absolute atomic E-state index is 0.508. The average Bonchev–Trinajstić information content (AvgIpc) is 2.76. The van der Waals surface area contributed by atoms with Crippen molar-refractivity contribution in [2.75, 3.05) is 21.1 Å². The molecule has 0 aromatic carbocycles. The van der Waals surface area contributed by atoms with Gasteiger partial charge in [-0.3, -0.25) is 4.48 Å². The van der Waals surface area contributed by atoms with Crippen LogP contribution in [0, 0.1) is 0 Å². The van der Waals surface area contributed by atoms with Crippen molar-refractivity contribution >= 4 is 8.03 Å². The first-order chi connectivity index (χ1) is 15.8. The molecule has 0 fully saturated rings. The van der Waals surface area contributed by atoms with Gasteiger partial charge in [-0.2, -0.15) is 0 Å². The summed E-state index contributed by atoms with van der Waals surface area (Å²) in [6.07, 6.45) is 31.6. The molecule has 0 aliphatic carbocycles. The molecule has 0 aromatic rings. The maximum atomic E-state index is 12.0. The highest BCUT2D eigenvalue weighted by Gasteiger charge is 2.52. The van der Waals surface area contributed by atoms with Crippen LogP contribution in [0.2, 0.25) is 0 Å². The molecule has 0 radical (unpaired) electrons. The number of hydrogen-bond donors (Lipinski definition) is 0. The fraction of sp³-hybridized carbons (Fsp3) is 0.931. The van der Waals surface area contributed by atoms with Crippen LogP contribution >= 0.6 is 8.03 Å². The monoisotopic (exact) mass is 484 g/mol. The molecular formula is C29H59NO2P+. The summed E-state index contributed by atoms with van der Waals surface area (Å²) < 4.78 is 12.5. The van der Waals surface area contributed by atoms with Gasteiger partial charge in [0.1, 0.15) is 0 Å². The predicted octanol–water partition coefficient (Wildman–Crippen LogP) is 9.28. The molecule has 0 saturated heterocycles. The largest absolute Gasteiger partial charge is 0.590 e. The zero-order valence-electron chi connectivity index (χ0n) is 23.2. The molecule has 0 rings (SSSR count). The highest BCUT2D eigenvalue weighted by Crippen LogP contribution is 2.44. The average molecular weight is 485 g/mol. The molecule has 0 amide bonds. The number of quaternary nitrogens is 1. The lowest BCUT2D eigenvalue weighted by molar-refractivity contribution is -0.910. The minimum atomic E-state index is -2.42. The van der Waals surface area contributed by atoms with Crippen molar-refractivity contribution < 1.29 is 13.9 Å². The Morgan fingerprint density at radius 1 is 0.636 bits per heavy atom. The topological polar surface area (TPSA) is 40.1 Å². The molecule has 2 unspecified atom stereocenters. The quantitative estimate of drug-likeness (QED) is 0.0592. The van der Waals surface area contributed by atoms with E-state index in [1.165, 1.54) is 109 Å². The van der Waals surface area contributed by atoms with Crippen molar-refractivity contribution in [3.05, 3.63) is 12.2 Å². The first kappa shape index (κ1) is 32.8. The smallest absolute Gasteiger partial charge is 0.376 e. The van der Waals surface area contributed by atoms with E-state index in [4.69, 9.17) is 0 Å². The van der Waals surface area contributed by atoms with Crippen molar-refractivity contribution in [1.29, 1.82) is 0 Å². The second-order valence-corrected chi connectivity index (χ2v) is 12.4. The molecule has 0 N–H and O–H groups in total. The Morgan fingerprint density at radius 3 is 1.33 bits per heavy atom. The standard InChI is InChI=1S/C29H59NO2P/c1-6-8-9-10-11-12-13-14-15-16-17-18-19-20-21-22-23-24-25-26-27-28-29(7-2,33(31)32)30(3,4)5/h19-20H,6-18,21-28H2,1-5H3/q+1/b20-19-. The van der Waals surface area contributed by atoms with Crippen LogP contribution in [0.5, 0.6) is 0 Å². The number of nitrogens with zero attached hydrogens (tertiary/aromatic N) is 1. The number of rotatable bonds is 24. The van der Waals surface area contributed by atoms with Crippen LogP contribution in [0.25, 0.3) is 0 Å². The van der Waals surface area contributed by atoms with Gasteiger partial charge in [0.05, 0.1) is 21.1 Å². The lowest BCUT2D eigenvalue weighted by Gasteiger charge is -2.39. The van der Waals surface area contributed by atoms with Crippen molar-refractivity contribution in [1.82, 2.24) is 0 Å². The molecule has 0 aliphatic heterocycles. The summed E-state index contributed by atoms with van der Waals surface area (Å²) in [5.41, 5.74) is 0. The maximum Gasteiger partial charge on any atom is 0.376 e. The van der Waals surface area contributed by atoms with Crippen molar-refractivity contribution in [2.45, 2.75) is 154 Å². The third-order valence-electron chi connectivity index (χ3n) is 7.49. The second-order valence-electron chi connectivity index (χ2n) is 11.1. The lowest BCUT2D eigenvalue weighted by Crippen LogP contribution is -2.55. The normalized spacial score (nSPS) is 14.7. The van der Waals surface area contributed by atoms with E-state index in [0.717, 1.165) is 19.3 Å². The van der Waals surface area contributed by atoms with Gasteiger partial charge >= 0.3 is 8.03 Å². The van der Waals surface area contributed by atoms with Gasteiger partial charge in [0.25, 0.3) is 5.28 Å². The summed E-state index contributed by atoms with van der Waals surface area (Å²) in [6, 6.07) is 0. The number of unbranched alkanes of at least 4 members (excludes halogenated alkanes) is 17. The van der Waals surface area contributed by atoms with Crippen LogP contribution in [-0.4, -0.2) is 30.9 Å². The maximum absolute atomic E-state index is 12.0. The van der Waals surface area contributed by atoms with Crippen molar-refractivity contribution in [3.8, 4) is 0 Å². The molecule has 0 aliphatic rings. The highest BCUT2D eigenvalue weighted by atomic mass is 31.1. The molecular weight excluding hydrogens is 425 g/mol. The molecule has 0 heterocycles. The van der Waals surface area contributed by atoms with E-state index < -0.39 is 13.3 Å². The SMILES string of the molecule is CCCCCCCCCCCCC/C=C\CCCCCCCCC(CC)([P+](=O)[O-])[N+](C)(C)C. The molecule has 0 saturated carbocycles. The molecule has 33 heavy (non-hydrogen) atoms. The minimum Gasteiger partial charge on any atom is -0.590 e. The van der Waals surface area contributed by atoms with Gasteiger partial charge in [-0.25, -0.2) is 0 Å². The van der Waals surface area contributed by atoms with E-state index >= 15 is 0 Å². The number of hydrogen-bond acceptors (Lipinski definition) is 2. The Morgan fingerprint density at radius 2 is 1.00 bits per heavy atom. The molecule has 0 aromatic heterocycles. The number of allylic oxidation sites excluding steroid dienone is 2. The van der Waals surface area contributed by atoms with Crippen LogP contribution in [0.3, 0.4) is 0 Å². The van der Waals surface area contributed by atoms with Crippen LogP contribution in [0.1, 0.15) is 149 Å². The van der Waals surface area contributed by atoms with Gasteiger partial charge in [-0.05, 0) is 32.1 Å². The molecule has 0 bridgehead atoms. The first-order valence-electron chi connectivity index (χ1n) is 14.4. The Labute approximate surface area is 209 Å². The fourth-order valence-electron chi connectivity index (χ4n) is 4.99. The van der Waals surface area contributed by atoms with E-state index in [2.05, 4.69) is 19.1 Å². The van der Waals surface area contributed by atoms with Crippen LogP contribution in [0.4, 0.5) is 0 Å². The summed E-state index contributed by atoms with van der Waals surface area (Å²) in [7, 11) is 3.62. The zero-order chi connectivity index (χ0) is 24.8. The summed E-state index contributed by atoms with van der Waals surface area (Å²) in [4.78, 5) is 12.0. The zero-order valence-corrected chi connectivity index (χ0v) is 24.1. The molecule has 3 nitrogen and oxygen atoms in total. The summed E-state index contributed by atoms with van der Waals surface area (Å²) in [6.45, 7) is 4.30. The van der Waals surface area contributed by atoms with E-state index in [0.29, 0.717) is 10.9 Å².